The molecule has 31 heavy (non-hydrogen) atoms. The highest BCUT2D eigenvalue weighted by Gasteiger charge is 2.21. The molecular formula is C23H22ClN3O3S. The van der Waals surface area contributed by atoms with E-state index in [2.05, 4.69) is 27.1 Å². The maximum atomic E-state index is 13.0. The molecule has 1 heterocycles. The number of halogens is 1. The summed E-state index contributed by atoms with van der Waals surface area (Å²) in [5.41, 5.74) is 4.24. The Kier molecular flexibility index (Phi) is 6.00. The fourth-order valence-electron chi connectivity index (χ4n) is 3.71. The Bertz CT molecular complexity index is 1240. The Hall–Kier alpha value is -2.87. The van der Waals surface area contributed by atoms with Crippen molar-refractivity contribution in [2.45, 2.75) is 17.9 Å². The van der Waals surface area contributed by atoms with E-state index < -0.39 is 15.9 Å². The molecule has 0 unspecified atom stereocenters. The number of carbonyl (C=O) groups is 1. The number of nitrogens with zero attached hydrogens (tertiary/aromatic N) is 1. The van der Waals surface area contributed by atoms with E-state index in [1.165, 1.54) is 36.5 Å². The van der Waals surface area contributed by atoms with Crippen LogP contribution in [0.4, 0.5) is 11.4 Å². The molecule has 0 fully saturated rings. The lowest BCUT2D eigenvalue weighted by Gasteiger charge is -2.21. The zero-order valence-corrected chi connectivity index (χ0v) is 18.5. The summed E-state index contributed by atoms with van der Waals surface area (Å²) in [7, 11) is -2.38. The van der Waals surface area contributed by atoms with E-state index in [9.17, 15) is 13.2 Å². The third kappa shape index (κ3) is 4.44. The predicted molar refractivity (Wildman–Crippen MR) is 123 cm³/mol. The molecule has 0 aromatic heterocycles. The van der Waals surface area contributed by atoms with Crippen molar-refractivity contribution in [3.63, 3.8) is 0 Å². The minimum atomic E-state index is -3.69. The summed E-state index contributed by atoms with van der Waals surface area (Å²) in [6.07, 6.45) is 0.993. The summed E-state index contributed by atoms with van der Waals surface area (Å²) >= 11 is 6.20. The number of hydrogen-bond acceptors (Lipinski definition) is 4. The second-order valence-electron chi connectivity index (χ2n) is 7.26. The Balaban J connectivity index is 1.59. The zero-order valence-electron chi connectivity index (χ0n) is 16.9. The summed E-state index contributed by atoms with van der Waals surface area (Å²) in [4.78, 5) is 15.2. The zero-order chi connectivity index (χ0) is 22.0. The van der Waals surface area contributed by atoms with Crippen LogP contribution in [0.2, 0.25) is 5.02 Å². The van der Waals surface area contributed by atoms with Gasteiger partial charge in [0.05, 0.1) is 15.5 Å². The van der Waals surface area contributed by atoms with Crippen molar-refractivity contribution < 1.29 is 13.2 Å². The molecule has 1 aliphatic rings. The van der Waals surface area contributed by atoms with E-state index in [-0.39, 0.29) is 15.5 Å². The van der Waals surface area contributed by atoms with Crippen LogP contribution < -0.4 is 14.9 Å². The van der Waals surface area contributed by atoms with Crippen molar-refractivity contribution in [2.75, 3.05) is 23.8 Å². The van der Waals surface area contributed by atoms with Gasteiger partial charge >= 0.3 is 0 Å². The van der Waals surface area contributed by atoms with Crippen molar-refractivity contribution in [3.8, 4) is 0 Å². The molecule has 6 nitrogen and oxygen atoms in total. The maximum Gasteiger partial charge on any atom is 0.257 e. The van der Waals surface area contributed by atoms with Gasteiger partial charge in [-0.05, 0) is 54.9 Å². The third-order valence-corrected chi connectivity index (χ3v) is 7.11. The summed E-state index contributed by atoms with van der Waals surface area (Å²) in [5.74, 6) is -0.465. The number of para-hydroxylation sites is 2. The molecule has 0 aliphatic carbocycles. The van der Waals surface area contributed by atoms with Gasteiger partial charge in [0.2, 0.25) is 10.0 Å². The standard InChI is InChI=1S/C23H22ClN3O3S/c1-25-31(29,30)18-10-11-20(24)19(14-18)23(28)26-21-8-4-2-7-17(21)15-27-13-12-16-6-3-5-9-22(16)27/h2-11,14,25H,12-13,15H2,1H3,(H,26,28). The number of amides is 1. The van der Waals surface area contributed by atoms with E-state index in [1.807, 2.05) is 36.4 Å². The summed E-state index contributed by atoms with van der Waals surface area (Å²) < 4.78 is 26.4. The molecular weight excluding hydrogens is 434 g/mol. The Morgan fingerprint density at radius 1 is 1.06 bits per heavy atom. The van der Waals surface area contributed by atoms with Crippen LogP contribution in [0.1, 0.15) is 21.5 Å². The molecule has 4 rings (SSSR count). The maximum absolute atomic E-state index is 13.0. The lowest BCUT2D eigenvalue weighted by atomic mass is 10.1. The van der Waals surface area contributed by atoms with E-state index >= 15 is 0 Å². The van der Waals surface area contributed by atoms with Crippen molar-refractivity contribution in [1.82, 2.24) is 4.72 Å². The molecule has 3 aromatic rings. The smallest absolute Gasteiger partial charge is 0.257 e. The van der Waals surface area contributed by atoms with E-state index in [4.69, 9.17) is 11.6 Å². The number of nitrogens with one attached hydrogen (secondary N) is 2. The Labute approximate surface area is 186 Å². The number of hydrogen-bond donors (Lipinski definition) is 2. The molecule has 0 radical (unpaired) electrons. The third-order valence-electron chi connectivity index (χ3n) is 5.37. The minimum absolute atomic E-state index is 0.0218. The normalized spacial score (nSPS) is 13.2. The van der Waals surface area contributed by atoms with Crippen molar-refractivity contribution in [2.24, 2.45) is 0 Å². The number of benzene rings is 3. The second kappa shape index (κ2) is 8.70. The van der Waals surface area contributed by atoms with Crippen LogP contribution in [0.15, 0.2) is 71.6 Å². The predicted octanol–water partition coefficient (Wildman–Crippen LogP) is 4.06. The van der Waals surface area contributed by atoms with Gasteiger partial charge in [0.15, 0.2) is 0 Å². The van der Waals surface area contributed by atoms with Gasteiger partial charge in [-0.1, -0.05) is 48.0 Å². The molecule has 0 spiro atoms. The van der Waals surface area contributed by atoms with Crippen LogP contribution in [0.25, 0.3) is 0 Å². The molecule has 1 aliphatic heterocycles. The molecule has 3 aromatic carbocycles. The van der Waals surface area contributed by atoms with Gasteiger partial charge in [-0.25, -0.2) is 13.1 Å². The molecule has 2 N–H and O–H groups in total. The van der Waals surface area contributed by atoms with Crippen LogP contribution in [-0.4, -0.2) is 27.9 Å². The van der Waals surface area contributed by atoms with Crippen molar-refractivity contribution in [3.05, 3.63) is 88.4 Å². The van der Waals surface area contributed by atoms with E-state index in [0.29, 0.717) is 12.2 Å². The Morgan fingerprint density at radius 2 is 1.81 bits per heavy atom. The highest BCUT2D eigenvalue weighted by molar-refractivity contribution is 7.89. The van der Waals surface area contributed by atoms with Crippen LogP contribution in [0, 0.1) is 0 Å². The first-order valence-electron chi connectivity index (χ1n) is 9.84. The number of anilines is 2. The van der Waals surface area contributed by atoms with Gasteiger partial charge in [0, 0.05) is 24.5 Å². The van der Waals surface area contributed by atoms with Crippen LogP contribution in [0.5, 0.6) is 0 Å². The second-order valence-corrected chi connectivity index (χ2v) is 9.55. The highest BCUT2D eigenvalue weighted by atomic mass is 35.5. The summed E-state index contributed by atoms with van der Waals surface area (Å²) in [6.45, 7) is 1.56. The molecule has 0 saturated carbocycles. The van der Waals surface area contributed by atoms with Crippen molar-refractivity contribution in [1.29, 1.82) is 0 Å². The highest BCUT2D eigenvalue weighted by Crippen LogP contribution is 2.30. The van der Waals surface area contributed by atoms with Crippen molar-refractivity contribution >= 4 is 38.9 Å². The van der Waals surface area contributed by atoms with Gasteiger partial charge < -0.3 is 10.2 Å². The minimum Gasteiger partial charge on any atom is -0.367 e. The SMILES string of the molecule is CNS(=O)(=O)c1ccc(Cl)c(C(=O)Nc2ccccc2CN2CCc3ccccc32)c1. The molecule has 0 atom stereocenters. The largest absolute Gasteiger partial charge is 0.367 e. The van der Waals surface area contributed by atoms with Crippen LogP contribution in [0.3, 0.4) is 0 Å². The first-order chi connectivity index (χ1) is 14.9. The number of fused-ring (bicyclic) bond motifs is 1. The van der Waals surface area contributed by atoms with Gasteiger partial charge in [-0.3, -0.25) is 4.79 Å². The van der Waals surface area contributed by atoms with Crippen LogP contribution >= 0.6 is 11.6 Å². The van der Waals surface area contributed by atoms with Gasteiger partial charge in [-0.2, -0.15) is 0 Å². The molecule has 160 valence electrons. The first kappa shape index (κ1) is 21.4. The molecule has 0 bridgehead atoms. The number of rotatable bonds is 6. The van der Waals surface area contributed by atoms with E-state index in [0.717, 1.165) is 18.5 Å². The molecule has 8 heteroatoms. The quantitative estimate of drug-likeness (QED) is 0.587. The summed E-state index contributed by atoms with van der Waals surface area (Å²) in [5, 5.41) is 3.08. The van der Waals surface area contributed by atoms with Gasteiger partial charge in [0.1, 0.15) is 0 Å². The van der Waals surface area contributed by atoms with Gasteiger partial charge in [-0.15, -0.1) is 0 Å². The average molecular weight is 456 g/mol. The summed E-state index contributed by atoms with van der Waals surface area (Å²) in [6, 6.07) is 20.0. The first-order valence-corrected chi connectivity index (χ1v) is 11.7. The molecule has 0 saturated heterocycles. The van der Waals surface area contributed by atoms with Gasteiger partial charge in [0.25, 0.3) is 5.91 Å². The average Bonchev–Trinajstić information content (AvgIpc) is 3.18. The van der Waals surface area contributed by atoms with Crippen LogP contribution in [-0.2, 0) is 23.0 Å². The lowest BCUT2D eigenvalue weighted by molar-refractivity contribution is 0.102. The molecule has 1 amide bonds. The number of sulfonamides is 1. The fourth-order valence-corrected chi connectivity index (χ4v) is 4.67. The van der Waals surface area contributed by atoms with E-state index in [1.54, 1.807) is 0 Å². The monoisotopic (exact) mass is 455 g/mol. The Morgan fingerprint density at radius 3 is 2.61 bits per heavy atom. The number of carbonyl (C=O) groups excluding carboxylic acids is 1. The lowest BCUT2D eigenvalue weighted by Crippen LogP contribution is -2.22. The topological polar surface area (TPSA) is 78.5 Å². The fraction of sp³-hybridized carbons (Fsp3) is 0.174.